The number of nitrogens with zero attached hydrogens (tertiary/aromatic N) is 4. The molecule has 140 valence electrons. The van der Waals surface area contributed by atoms with Crippen LogP contribution in [0.3, 0.4) is 0 Å². The van der Waals surface area contributed by atoms with E-state index in [1.165, 1.54) is 0 Å². The van der Waals surface area contributed by atoms with Crippen molar-refractivity contribution in [3.8, 4) is 22.7 Å². The van der Waals surface area contributed by atoms with E-state index in [0.717, 1.165) is 32.6 Å². The lowest BCUT2D eigenvalue weighted by molar-refractivity contribution is 0.528. The minimum Gasteiger partial charge on any atom is -0.420 e. The summed E-state index contributed by atoms with van der Waals surface area (Å²) in [6.45, 7) is 0. The predicted molar refractivity (Wildman–Crippen MR) is 114 cm³/mol. The second kappa shape index (κ2) is 7.85. The Kier molecular flexibility index (Phi) is 4.76. The topological polar surface area (TPSA) is 64.7 Å². The highest BCUT2D eigenvalue weighted by atomic mass is 32.2. The summed E-state index contributed by atoms with van der Waals surface area (Å²) in [5.74, 6) is 1.62. The van der Waals surface area contributed by atoms with E-state index in [-0.39, 0.29) is 0 Å². The van der Waals surface area contributed by atoms with E-state index >= 15 is 0 Å². The smallest absolute Gasteiger partial charge is 0.247 e. The average Bonchev–Trinajstić information content (AvgIpc) is 3.28. The molecule has 5 aromatic rings. The monoisotopic (exact) mass is 396 g/mol. The van der Waals surface area contributed by atoms with Crippen molar-refractivity contribution >= 4 is 22.5 Å². The Morgan fingerprint density at radius 1 is 0.621 bits per heavy atom. The van der Waals surface area contributed by atoms with Crippen molar-refractivity contribution in [3.05, 3.63) is 90.8 Å². The highest BCUT2D eigenvalue weighted by Gasteiger charge is 2.13. The average molecular weight is 396 g/mol. The van der Waals surface area contributed by atoms with Crippen LogP contribution in [0.5, 0.6) is 0 Å². The molecule has 0 bridgehead atoms. The fraction of sp³-hybridized carbons (Fsp3) is 0.0435. The molecule has 29 heavy (non-hydrogen) atoms. The first-order chi connectivity index (χ1) is 14.4. The predicted octanol–water partition coefficient (Wildman–Crippen LogP) is 5.64. The highest BCUT2D eigenvalue weighted by molar-refractivity contribution is 7.98. The van der Waals surface area contributed by atoms with Crippen molar-refractivity contribution in [3.63, 3.8) is 0 Å². The molecule has 0 unspecified atom stereocenters. The lowest BCUT2D eigenvalue weighted by atomic mass is 10.1. The van der Waals surface area contributed by atoms with Gasteiger partial charge in [-0.2, -0.15) is 0 Å². The van der Waals surface area contributed by atoms with E-state index in [0.29, 0.717) is 17.5 Å². The summed E-state index contributed by atoms with van der Waals surface area (Å²) in [6, 6.07) is 28.1. The summed E-state index contributed by atoms with van der Waals surface area (Å²) in [7, 11) is 0. The van der Waals surface area contributed by atoms with Gasteiger partial charge in [0.05, 0.1) is 5.75 Å². The highest BCUT2D eigenvalue weighted by Crippen LogP contribution is 2.33. The molecule has 0 amide bonds. The number of thioether (sulfide) groups is 1. The van der Waals surface area contributed by atoms with Crippen molar-refractivity contribution in [2.75, 3.05) is 0 Å². The van der Waals surface area contributed by atoms with Crippen LogP contribution >= 0.6 is 11.8 Å². The molecule has 0 aliphatic heterocycles. The maximum Gasteiger partial charge on any atom is 0.247 e. The fourth-order valence-corrected chi connectivity index (χ4v) is 3.94. The Hall–Kier alpha value is -3.51. The van der Waals surface area contributed by atoms with Crippen molar-refractivity contribution in [1.29, 1.82) is 0 Å². The molecule has 5 nitrogen and oxygen atoms in total. The molecule has 0 radical (unpaired) electrons. The normalized spacial score (nSPS) is 11.0. The van der Waals surface area contributed by atoms with Crippen LogP contribution in [-0.2, 0) is 5.75 Å². The number of aromatic nitrogens is 4. The molecule has 0 spiro atoms. The lowest BCUT2D eigenvalue weighted by Crippen LogP contribution is -1.94. The molecule has 0 N–H and O–H groups in total. The van der Waals surface area contributed by atoms with Gasteiger partial charge in [0.15, 0.2) is 0 Å². The van der Waals surface area contributed by atoms with E-state index in [2.05, 4.69) is 32.5 Å². The maximum absolute atomic E-state index is 5.81. The third-order valence-corrected chi connectivity index (χ3v) is 5.49. The van der Waals surface area contributed by atoms with Crippen LogP contribution < -0.4 is 0 Å². The van der Waals surface area contributed by atoms with Crippen molar-refractivity contribution in [2.45, 2.75) is 10.8 Å². The molecular weight excluding hydrogens is 380 g/mol. The zero-order valence-electron chi connectivity index (χ0n) is 15.4. The second-order valence-electron chi connectivity index (χ2n) is 6.42. The van der Waals surface area contributed by atoms with E-state index in [4.69, 9.17) is 4.42 Å². The summed E-state index contributed by atoms with van der Waals surface area (Å²) >= 11 is 1.55. The molecule has 0 saturated heterocycles. The number of rotatable bonds is 5. The molecule has 2 aromatic heterocycles. The number of hydrogen-bond acceptors (Lipinski definition) is 6. The Balaban J connectivity index is 1.43. The largest absolute Gasteiger partial charge is 0.420 e. The zero-order chi connectivity index (χ0) is 19.5. The van der Waals surface area contributed by atoms with Gasteiger partial charge < -0.3 is 4.42 Å². The first kappa shape index (κ1) is 17.6. The van der Waals surface area contributed by atoms with Crippen LogP contribution in [0.1, 0.15) is 5.89 Å². The van der Waals surface area contributed by atoms with Crippen LogP contribution in [0.15, 0.2) is 94.4 Å². The SMILES string of the molecule is c1ccc(-c2nnc(CSc3nnc(-c4ccccc4)c4ccccc34)o2)cc1. The quantitative estimate of drug-likeness (QED) is 0.358. The number of fused-ring (bicyclic) bond motifs is 1. The fourth-order valence-electron chi connectivity index (χ4n) is 3.13. The van der Waals surface area contributed by atoms with Crippen LogP contribution in [0.25, 0.3) is 33.5 Å². The summed E-state index contributed by atoms with van der Waals surface area (Å²) in [5, 5.41) is 20.3. The Bertz CT molecular complexity index is 1260. The minimum atomic E-state index is 0.525. The Morgan fingerprint density at radius 3 is 2.03 bits per heavy atom. The standard InChI is InChI=1S/C23H16N4OS/c1-3-9-16(10-4-1)21-18-13-7-8-14-19(18)23(27-25-21)29-15-20-24-26-22(28-20)17-11-5-2-6-12-17/h1-14H,15H2. The van der Waals surface area contributed by atoms with Gasteiger partial charge in [-0.05, 0) is 12.1 Å². The molecule has 2 heterocycles. The van der Waals surface area contributed by atoms with Gasteiger partial charge in [0.25, 0.3) is 0 Å². The minimum absolute atomic E-state index is 0.525. The molecule has 0 saturated carbocycles. The molecule has 0 fully saturated rings. The van der Waals surface area contributed by atoms with Crippen LogP contribution in [0.2, 0.25) is 0 Å². The van der Waals surface area contributed by atoms with Crippen LogP contribution in [0.4, 0.5) is 0 Å². The molecule has 3 aromatic carbocycles. The molecule has 5 rings (SSSR count). The van der Waals surface area contributed by atoms with Gasteiger partial charge in [0, 0.05) is 21.9 Å². The third kappa shape index (κ3) is 3.62. The van der Waals surface area contributed by atoms with Crippen molar-refractivity contribution in [1.82, 2.24) is 20.4 Å². The lowest BCUT2D eigenvalue weighted by Gasteiger charge is -2.08. The third-order valence-electron chi connectivity index (χ3n) is 4.52. The van der Waals surface area contributed by atoms with Crippen molar-refractivity contribution < 1.29 is 4.42 Å². The maximum atomic E-state index is 5.81. The molecule has 0 aliphatic carbocycles. The Labute approximate surface area is 171 Å². The van der Waals surface area contributed by atoms with Gasteiger partial charge in [0.1, 0.15) is 10.7 Å². The van der Waals surface area contributed by atoms with Gasteiger partial charge in [-0.1, -0.05) is 84.6 Å². The van der Waals surface area contributed by atoms with Crippen LogP contribution in [-0.4, -0.2) is 20.4 Å². The van der Waals surface area contributed by atoms with E-state index < -0.39 is 0 Å². The van der Waals surface area contributed by atoms with Gasteiger partial charge in [-0.3, -0.25) is 0 Å². The van der Waals surface area contributed by atoms with Crippen LogP contribution in [0, 0.1) is 0 Å². The number of hydrogen-bond donors (Lipinski definition) is 0. The summed E-state index contributed by atoms with van der Waals surface area (Å²) in [4.78, 5) is 0. The second-order valence-corrected chi connectivity index (χ2v) is 7.39. The summed E-state index contributed by atoms with van der Waals surface area (Å²) in [6.07, 6.45) is 0. The van der Waals surface area contributed by atoms with Gasteiger partial charge in [-0.15, -0.1) is 20.4 Å². The van der Waals surface area contributed by atoms with E-state index in [1.807, 2.05) is 72.8 Å². The Morgan fingerprint density at radius 2 is 1.28 bits per heavy atom. The zero-order valence-corrected chi connectivity index (χ0v) is 16.2. The first-order valence-corrected chi connectivity index (χ1v) is 10.2. The molecular formula is C23H16N4OS. The van der Waals surface area contributed by atoms with E-state index in [9.17, 15) is 0 Å². The van der Waals surface area contributed by atoms with Gasteiger partial charge in [-0.25, -0.2) is 0 Å². The van der Waals surface area contributed by atoms with E-state index in [1.54, 1.807) is 11.8 Å². The molecule has 0 atom stereocenters. The summed E-state index contributed by atoms with van der Waals surface area (Å²) in [5.41, 5.74) is 2.85. The first-order valence-electron chi connectivity index (χ1n) is 9.20. The van der Waals surface area contributed by atoms with Gasteiger partial charge in [0.2, 0.25) is 11.8 Å². The summed E-state index contributed by atoms with van der Waals surface area (Å²) < 4.78 is 5.81. The number of benzene rings is 3. The molecule has 6 heteroatoms. The van der Waals surface area contributed by atoms with Gasteiger partial charge >= 0.3 is 0 Å². The molecule has 0 aliphatic rings. The van der Waals surface area contributed by atoms with Crippen molar-refractivity contribution in [2.24, 2.45) is 0 Å².